The minimum atomic E-state index is -0.440. The molecule has 0 fully saturated rings. The number of methoxy groups -OCH3 is 3. The molecule has 4 rings (SSSR count). The summed E-state index contributed by atoms with van der Waals surface area (Å²) in [4.78, 5) is 12.7. The third kappa shape index (κ3) is 4.33. The van der Waals surface area contributed by atoms with Crippen molar-refractivity contribution in [3.8, 4) is 34.1 Å². The van der Waals surface area contributed by atoms with Crippen LogP contribution in [-0.2, 0) is 6.61 Å². The lowest BCUT2D eigenvalue weighted by Gasteiger charge is -2.10. The lowest BCUT2D eigenvalue weighted by atomic mass is 10.1. The molecule has 0 bridgehead atoms. The monoisotopic (exact) mass is 418 g/mol. The highest BCUT2D eigenvalue weighted by Crippen LogP contribution is 2.32. The van der Waals surface area contributed by atoms with E-state index in [1.807, 2.05) is 36.4 Å². The van der Waals surface area contributed by atoms with E-state index in [1.54, 1.807) is 51.7 Å². The summed E-state index contributed by atoms with van der Waals surface area (Å²) in [5.41, 5.74) is 2.12. The van der Waals surface area contributed by atoms with E-state index in [2.05, 4.69) is 0 Å². The molecule has 1 heterocycles. The normalized spacial score (nSPS) is 10.7. The quantitative estimate of drug-likeness (QED) is 0.391. The zero-order valence-electron chi connectivity index (χ0n) is 17.5. The van der Waals surface area contributed by atoms with Crippen LogP contribution < -0.4 is 24.6 Å². The zero-order chi connectivity index (χ0) is 21.8. The first kappa shape index (κ1) is 20.3. The Morgan fingerprint density at radius 3 is 2.39 bits per heavy atom. The summed E-state index contributed by atoms with van der Waals surface area (Å²) in [5, 5.41) is 0.790. The molecule has 0 aliphatic carbocycles. The second-order valence-electron chi connectivity index (χ2n) is 6.86. The van der Waals surface area contributed by atoms with Gasteiger partial charge in [0.1, 0.15) is 23.7 Å². The molecule has 0 N–H and O–H groups in total. The van der Waals surface area contributed by atoms with Crippen LogP contribution in [-0.4, -0.2) is 21.3 Å². The zero-order valence-corrected chi connectivity index (χ0v) is 17.5. The number of fused-ring (bicyclic) bond motifs is 1. The highest BCUT2D eigenvalue weighted by atomic mass is 16.5. The Morgan fingerprint density at radius 1 is 0.774 bits per heavy atom. The molecule has 0 spiro atoms. The van der Waals surface area contributed by atoms with Gasteiger partial charge in [0.2, 0.25) is 0 Å². The van der Waals surface area contributed by atoms with Gasteiger partial charge in [-0.2, -0.15) is 0 Å². The van der Waals surface area contributed by atoms with Gasteiger partial charge in [0, 0.05) is 11.5 Å². The van der Waals surface area contributed by atoms with Crippen molar-refractivity contribution in [1.29, 1.82) is 0 Å². The molecule has 0 atom stereocenters. The van der Waals surface area contributed by atoms with E-state index in [9.17, 15) is 4.79 Å². The maximum atomic E-state index is 12.7. The van der Waals surface area contributed by atoms with Crippen molar-refractivity contribution in [1.82, 2.24) is 0 Å². The maximum absolute atomic E-state index is 12.7. The van der Waals surface area contributed by atoms with Gasteiger partial charge in [-0.1, -0.05) is 18.2 Å². The summed E-state index contributed by atoms with van der Waals surface area (Å²) in [6, 6.07) is 20.2. The third-order valence-corrected chi connectivity index (χ3v) is 4.94. The Bertz CT molecular complexity index is 1270. The summed E-state index contributed by atoms with van der Waals surface area (Å²) in [6.45, 7) is 0.372. The van der Waals surface area contributed by atoms with Crippen molar-refractivity contribution >= 4 is 11.0 Å². The molecule has 3 aromatic carbocycles. The fraction of sp³-hybridized carbons (Fsp3) is 0.160. The Balaban J connectivity index is 1.61. The summed E-state index contributed by atoms with van der Waals surface area (Å²) in [7, 11) is 4.75. The molecule has 0 unspecified atom stereocenters. The molecule has 1 aromatic heterocycles. The molecule has 0 saturated carbocycles. The molecule has 6 heteroatoms. The van der Waals surface area contributed by atoms with E-state index in [4.69, 9.17) is 23.4 Å². The van der Waals surface area contributed by atoms with E-state index in [1.165, 1.54) is 0 Å². The van der Waals surface area contributed by atoms with Crippen molar-refractivity contribution in [3.63, 3.8) is 0 Å². The fourth-order valence-electron chi connectivity index (χ4n) is 3.32. The smallest absolute Gasteiger partial charge is 0.344 e. The molecule has 6 nitrogen and oxygen atoms in total. The summed E-state index contributed by atoms with van der Waals surface area (Å²) in [6.07, 6.45) is 0. The van der Waals surface area contributed by atoms with Gasteiger partial charge in [-0.15, -0.1) is 0 Å². The third-order valence-electron chi connectivity index (χ3n) is 4.94. The van der Waals surface area contributed by atoms with Gasteiger partial charge in [-0.3, -0.25) is 0 Å². The van der Waals surface area contributed by atoms with Gasteiger partial charge in [0.15, 0.2) is 11.5 Å². The van der Waals surface area contributed by atoms with Crippen LogP contribution in [0.3, 0.4) is 0 Å². The molecular weight excluding hydrogens is 396 g/mol. The molecule has 31 heavy (non-hydrogen) atoms. The molecule has 0 aliphatic heterocycles. The van der Waals surface area contributed by atoms with Gasteiger partial charge in [0.05, 0.1) is 26.9 Å². The van der Waals surface area contributed by atoms with Crippen LogP contribution in [0.25, 0.3) is 22.1 Å². The van der Waals surface area contributed by atoms with Crippen molar-refractivity contribution in [2.75, 3.05) is 21.3 Å². The molecule has 0 amide bonds. The van der Waals surface area contributed by atoms with Gasteiger partial charge >= 0.3 is 5.63 Å². The van der Waals surface area contributed by atoms with Crippen molar-refractivity contribution in [2.45, 2.75) is 6.61 Å². The van der Waals surface area contributed by atoms with E-state index < -0.39 is 5.63 Å². The van der Waals surface area contributed by atoms with Crippen LogP contribution in [0.2, 0.25) is 0 Å². The first-order valence-corrected chi connectivity index (χ1v) is 9.67. The van der Waals surface area contributed by atoms with Crippen LogP contribution in [0.4, 0.5) is 0 Å². The lowest BCUT2D eigenvalue weighted by molar-refractivity contribution is 0.305. The second-order valence-corrected chi connectivity index (χ2v) is 6.86. The number of benzene rings is 3. The second kappa shape index (κ2) is 8.83. The average molecular weight is 418 g/mol. The molecule has 4 aromatic rings. The van der Waals surface area contributed by atoms with E-state index >= 15 is 0 Å². The standard InChI is InChI=1S/C25H22O6/c1-27-19-6-4-5-16(11-19)15-30-20-9-7-18-12-21(25(26)31-23(18)14-20)17-8-10-22(28-2)24(13-17)29-3/h4-14H,15H2,1-3H3. The van der Waals surface area contributed by atoms with Gasteiger partial charge < -0.3 is 23.4 Å². The topological polar surface area (TPSA) is 67.1 Å². The van der Waals surface area contributed by atoms with Crippen molar-refractivity contribution in [2.24, 2.45) is 0 Å². The van der Waals surface area contributed by atoms with Crippen molar-refractivity contribution < 1.29 is 23.4 Å². The Labute approximate surface area is 179 Å². The van der Waals surface area contributed by atoms with E-state index in [0.29, 0.717) is 40.6 Å². The Hall–Kier alpha value is -3.93. The molecule has 0 saturated heterocycles. The summed E-state index contributed by atoms with van der Waals surface area (Å²) >= 11 is 0. The summed E-state index contributed by atoms with van der Waals surface area (Å²) < 4.78 is 27.3. The van der Waals surface area contributed by atoms with Crippen LogP contribution in [0.1, 0.15) is 5.56 Å². The van der Waals surface area contributed by atoms with Crippen LogP contribution in [0.5, 0.6) is 23.0 Å². The molecule has 158 valence electrons. The molecule has 0 radical (unpaired) electrons. The lowest BCUT2D eigenvalue weighted by Crippen LogP contribution is -2.03. The van der Waals surface area contributed by atoms with E-state index in [0.717, 1.165) is 16.7 Å². The highest BCUT2D eigenvalue weighted by Gasteiger charge is 2.12. The maximum Gasteiger partial charge on any atom is 0.344 e. The molecule has 0 aliphatic rings. The number of rotatable bonds is 7. The van der Waals surface area contributed by atoms with Crippen LogP contribution in [0.15, 0.2) is 75.9 Å². The minimum Gasteiger partial charge on any atom is -0.497 e. The van der Waals surface area contributed by atoms with Gasteiger partial charge in [-0.05, 0) is 53.6 Å². The van der Waals surface area contributed by atoms with Crippen LogP contribution >= 0.6 is 0 Å². The predicted octanol–water partition coefficient (Wildman–Crippen LogP) is 5.06. The number of ether oxygens (including phenoxy) is 4. The predicted molar refractivity (Wildman–Crippen MR) is 118 cm³/mol. The molecular formula is C25H22O6. The average Bonchev–Trinajstić information content (AvgIpc) is 2.81. The largest absolute Gasteiger partial charge is 0.497 e. The summed E-state index contributed by atoms with van der Waals surface area (Å²) in [5.74, 6) is 2.51. The first-order chi connectivity index (χ1) is 15.1. The Morgan fingerprint density at radius 2 is 1.61 bits per heavy atom. The van der Waals surface area contributed by atoms with E-state index in [-0.39, 0.29) is 0 Å². The van der Waals surface area contributed by atoms with Crippen molar-refractivity contribution in [3.05, 3.63) is 82.7 Å². The van der Waals surface area contributed by atoms with Gasteiger partial charge in [-0.25, -0.2) is 4.79 Å². The fourth-order valence-corrected chi connectivity index (χ4v) is 3.32. The van der Waals surface area contributed by atoms with Crippen LogP contribution in [0, 0.1) is 0 Å². The first-order valence-electron chi connectivity index (χ1n) is 9.67. The van der Waals surface area contributed by atoms with Gasteiger partial charge in [0.25, 0.3) is 0 Å². The minimum absolute atomic E-state index is 0.372. The highest BCUT2D eigenvalue weighted by molar-refractivity contribution is 5.83. The Kier molecular flexibility index (Phi) is 5.80. The SMILES string of the molecule is COc1cccc(COc2ccc3cc(-c4ccc(OC)c(OC)c4)c(=O)oc3c2)c1. The number of hydrogen-bond acceptors (Lipinski definition) is 6. The number of hydrogen-bond donors (Lipinski definition) is 0.